The van der Waals surface area contributed by atoms with Crippen molar-refractivity contribution in [2.45, 2.75) is 25.7 Å². The highest BCUT2D eigenvalue weighted by atomic mass is 35.5. The first kappa shape index (κ1) is 14.6. The fraction of sp³-hybridized carbons (Fsp3) is 0.455. The zero-order valence-corrected chi connectivity index (χ0v) is 10.4. The first-order valence-corrected chi connectivity index (χ1v) is 5.74. The highest BCUT2D eigenvalue weighted by molar-refractivity contribution is 6.17. The van der Waals surface area contributed by atoms with Crippen LogP contribution in [0.3, 0.4) is 0 Å². The van der Waals surface area contributed by atoms with Crippen molar-refractivity contribution in [2.75, 3.05) is 6.61 Å². The zero-order chi connectivity index (χ0) is 13.7. The number of ether oxygens (including phenoxy) is 1. The van der Waals surface area contributed by atoms with E-state index >= 15 is 0 Å². The highest BCUT2D eigenvalue weighted by Crippen LogP contribution is 2.32. The minimum absolute atomic E-state index is 0.0359. The second-order valence-corrected chi connectivity index (χ2v) is 3.68. The van der Waals surface area contributed by atoms with Gasteiger partial charge in [-0.05, 0) is 12.5 Å². The van der Waals surface area contributed by atoms with Crippen LogP contribution in [0.1, 0.15) is 30.2 Å². The first-order chi connectivity index (χ1) is 8.51. The van der Waals surface area contributed by atoms with Crippen LogP contribution < -0.4 is 0 Å². The topological polar surface area (TPSA) is 59.4 Å². The average Bonchev–Trinajstić information content (AvgIpc) is 2.31. The molecule has 0 aliphatic rings. The van der Waals surface area contributed by atoms with Crippen LogP contribution in [-0.2, 0) is 21.8 Å². The molecule has 1 aromatic rings. The minimum atomic E-state index is -2.92. The SMILES string of the molecule is CCOC(=O)Cc1c(CCl)cnc(C(F)F)c1O. The zero-order valence-electron chi connectivity index (χ0n) is 9.62. The molecule has 1 heterocycles. The van der Waals surface area contributed by atoms with E-state index in [1.165, 1.54) is 0 Å². The Hall–Kier alpha value is -1.43. The molecule has 100 valence electrons. The summed E-state index contributed by atoms with van der Waals surface area (Å²) in [6.07, 6.45) is -2.11. The van der Waals surface area contributed by atoms with E-state index in [2.05, 4.69) is 4.98 Å². The van der Waals surface area contributed by atoms with Gasteiger partial charge in [0.05, 0.1) is 13.0 Å². The third-order valence-electron chi connectivity index (χ3n) is 2.25. The molecule has 0 spiro atoms. The van der Waals surface area contributed by atoms with E-state index in [0.717, 1.165) is 6.20 Å². The Morgan fingerprint density at radius 3 is 2.78 bits per heavy atom. The molecule has 0 atom stereocenters. The number of aromatic nitrogens is 1. The minimum Gasteiger partial charge on any atom is -0.505 e. The quantitative estimate of drug-likeness (QED) is 0.665. The van der Waals surface area contributed by atoms with Crippen molar-refractivity contribution >= 4 is 17.6 Å². The maximum atomic E-state index is 12.6. The van der Waals surface area contributed by atoms with E-state index in [0.29, 0.717) is 5.56 Å². The molecule has 1 aromatic heterocycles. The molecule has 0 amide bonds. The molecule has 1 rings (SSSR count). The number of halogens is 3. The van der Waals surface area contributed by atoms with Crippen LogP contribution in [0.4, 0.5) is 8.78 Å². The summed E-state index contributed by atoms with van der Waals surface area (Å²) in [6, 6.07) is 0. The third-order valence-corrected chi connectivity index (χ3v) is 2.54. The molecule has 0 saturated heterocycles. The van der Waals surface area contributed by atoms with Crippen LogP contribution in [0.15, 0.2) is 6.20 Å². The molecule has 0 aliphatic carbocycles. The summed E-state index contributed by atoms with van der Waals surface area (Å²) >= 11 is 5.61. The molecule has 18 heavy (non-hydrogen) atoms. The molecule has 0 radical (unpaired) electrons. The fourth-order valence-corrected chi connectivity index (χ4v) is 1.65. The Balaban J connectivity index is 3.13. The van der Waals surface area contributed by atoms with Crippen LogP contribution >= 0.6 is 11.6 Å². The lowest BCUT2D eigenvalue weighted by Gasteiger charge is -2.12. The second kappa shape index (κ2) is 6.49. The van der Waals surface area contributed by atoms with E-state index in [4.69, 9.17) is 16.3 Å². The lowest BCUT2D eigenvalue weighted by Crippen LogP contribution is -2.10. The lowest BCUT2D eigenvalue weighted by molar-refractivity contribution is -0.142. The maximum Gasteiger partial charge on any atom is 0.310 e. The van der Waals surface area contributed by atoms with Crippen molar-refractivity contribution in [3.05, 3.63) is 23.0 Å². The van der Waals surface area contributed by atoms with Gasteiger partial charge >= 0.3 is 5.97 Å². The average molecular weight is 280 g/mol. The van der Waals surface area contributed by atoms with E-state index in [1.807, 2.05) is 0 Å². The number of hydrogen-bond donors (Lipinski definition) is 1. The molecule has 0 aromatic carbocycles. The van der Waals surface area contributed by atoms with Crippen molar-refractivity contribution < 1.29 is 23.4 Å². The van der Waals surface area contributed by atoms with Gasteiger partial charge in [0.1, 0.15) is 11.4 Å². The van der Waals surface area contributed by atoms with Gasteiger partial charge in [0.2, 0.25) is 0 Å². The number of aromatic hydroxyl groups is 1. The second-order valence-electron chi connectivity index (χ2n) is 3.41. The molecule has 4 nitrogen and oxygen atoms in total. The molecule has 0 saturated carbocycles. The fourth-order valence-electron chi connectivity index (χ4n) is 1.42. The molecule has 7 heteroatoms. The van der Waals surface area contributed by atoms with Crippen molar-refractivity contribution in [1.82, 2.24) is 4.98 Å². The lowest BCUT2D eigenvalue weighted by atomic mass is 10.1. The van der Waals surface area contributed by atoms with Crippen LogP contribution in [0, 0.1) is 0 Å². The Morgan fingerprint density at radius 2 is 2.28 bits per heavy atom. The smallest absolute Gasteiger partial charge is 0.310 e. The van der Waals surface area contributed by atoms with Gasteiger partial charge in [-0.2, -0.15) is 0 Å². The normalized spacial score (nSPS) is 10.7. The monoisotopic (exact) mass is 279 g/mol. The van der Waals surface area contributed by atoms with Crippen molar-refractivity contribution in [2.24, 2.45) is 0 Å². The predicted molar refractivity (Wildman–Crippen MR) is 60.8 cm³/mol. The summed E-state index contributed by atoms with van der Waals surface area (Å²) in [5.74, 6) is -1.36. The van der Waals surface area contributed by atoms with Crippen LogP contribution in [0.5, 0.6) is 5.75 Å². The summed E-state index contributed by atoms with van der Waals surface area (Å²) in [5.41, 5.74) is -0.400. The van der Waals surface area contributed by atoms with E-state index in [9.17, 15) is 18.7 Å². The van der Waals surface area contributed by atoms with E-state index in [-0.39, 0.29) is 24.5 Å². The summed E-state index contributed by atoms with van der Waals surface area (Å²) in [4.78, 5) is 14.8. The predicted octanol–water partition coefficient (Wildman–Crippen LogP) is 2.57. The van der Waals surface area contributed by atoms with Gasteiger partial charge in [-0.3, -0.25) is 9.78 Å². The number of nitrogens with zero attached hydrogens (tertiary/aromatic N) is 1. The molecule has 1 N–H and O–H groups in total. The summed E-state index contributed by atoms with van der Waals surface area (Å²) in [7, 11) is 0. The van der Waals surface area contributed by atoms with Gasteiger partial charge in [0, 0.05) is 17.6 Å². The number of carbonyl (C=O) groups excluding carboxylic acids is 1. The number of rotatable bonds is 5. The van der Waals surface area contributed by atoms with Crippen LogP contribution in [-0.4, -0.2) is 22.7 Å². The van der Waals surface area contributed by atoms with Crippen molar-refractivity contribution in [3.8, 4) is 5.75 Å². The van der Waals surface area contributed by atoms with E-state index in [1.54, 1.807) is 6.92 Å². The van der Waals surface area contributed by atoms with Gasteiger partial charge in [-0.25, -0.2) is 8.78 Å². The first-order valence-electron chi connectivity index (χ1n) is 5.20. The summed E-state index contributed by atoms with van der Waals surface area (Å²) < 4.78 is 29.8. The Bertz CT molecular complexity index is 441. The number of hydrogen-bond acceptors (Lipinski definition) is 4. The molecule has 0 bridgehead atoms. The molecule has 0 aliphatic heterocycles. The molecule has 0 fully saturated rings. The van der Waals surface area contributed by atoms with Gasteiger partial charge in [0.15, 0.2) is 0 Å². The van der Waals surface area contributed by atoms with E-state index < -0.39 is 23.8 Å². The number of pyridine rings is 1. The van der Waals surface area contributed by atoms with Crippen molar-refractivity contribution in [1.29, 1.82) is 0 Å². The molecule has 0 unspecified atom stereocenters. The number of esters is 1. The Morgan fingerprint density at radius 1 is 1.61 bits per heavy atom. The van der Waals surface area contributed by atoms with Gasteiger partial charge in [-0.15, -0.1) is 11.6 Å². The van der Waals surface area contributed by atoms with Gasteiger partial charge in [0.25, 0.3) is 6.43 Å². The Labute approximate surface area is 108 Å². The molecular weight excluding hydrogens is 268 g/mol. The van der Waals surface area contributed by atoms with Crippen LogP contribution in [0.25, 0.3) is 0 Å². The highest BCUT2D eigenvalue weighted by Gasteiger charge is 2.22. The summed E-state index contributed by atoms with van der Waals surface area (Å²) in [6.45, 7) is 1.79. The maximum absolute atomic E-state index is 12.6. The largest absolute Gasteiger partial charge is 0.505 e. The van der Waals surface area contributed by atoms with Gasteiger partial charge in [-0.1, -0.05) is 0 Å². The van der Waals surface area contributed by atoms with Gasteiger partial charge < -0.3 is 9.84 Å². The van der Waals surface area contributed by atoms with Crippen LogP contribution in [0.2, 0.25) is 0 Å². The number of carbonyl (C=O) groups is 1. The summed E-state index contributed by atoms with van der Waals surface area (Å²) in [5, 5.41) is 9.68. The Kier molecular flexibility index (Phi) is 5.27. The molecular formula is C11H12ClF2NO3. The standard InChI is InChI=1S/C11H12ClF2NO3/c1-2-18-8(16)3-7-6(4-12)5-15-9(10(7)17)11(13)14/h5,11,17H,2-4H2,1H3. The van der Waals surface area contributed by atoms with Crippen molar-refractivity contribution in [3.63, 3.8) is 0 Å². The third kappa shape index (κ3) is 3.29. The number of alkyl halides is 3.